The molecule has 5 rings (SSSR count). The summed E-state index contributed by atoms with van der Waals surface area (Å²) in [4.78, 5) is 1.53. The van der Waals surface area contributed by atoms with Gasteiger partial charge < -0.3 is 5.32 Å². The first-order valence-corrected chi connectivity index (χ1v) is 12.2. The first-order valence-electron chi connectivity index (χ1n) is 11.3. The Hall–Kier alpha value is -1.41. The molecule has 1 saturated carbocycles. The van der Waals surface area contributed by atoms with E-state index < -0.39 is 0 Å². The zero-order chi connectivity index (χ0) is 19.3. The number of nitrogens with one attached hydrogen (secondary N) is 1. The molecule has 6 unspecified atom stereocenters. The minimum Gasteiger partial charge on any atom is -0.382 e. The van der Waals surface area contributed by atoms with Crippen molar-refractivity contribution in [2.75, 3.05) is 5.32 Å². The van der Waals surface area contributed by atoms with Gasteiger partial charge in [-0.05, 0) is 53.9 Å². The van der Waals surface area contributed by atoms with Gasteiger partial charge in [-0.3, -0.25) is 0 Å². The van der Waals surface area contributed by atoms with E-state index in [2.05, 4.69) is 80.3 Å². The lowest BCUT2D eigenvalue weighted by Crippen LogP contribution is -2.28. The molecule has 0 amide bonds. The number of unbranched alkanes of at least 4 members (excludes halogenated alkanes) is 1. The van der Waals surface area contributed by atoms with Gasteiger partial charge >= 0.3 is 0 Å². The lowest BCUT2D eigenvalue weighted by Gasteiger charge is -2.33. The number of para-hydroxylation sites is 1. The fourth-order valence-electron chi connectivity index (χ4n) is 6.11. The van der Waals surface area contributed by atoms with Gasteiger partial charge in [0.05, 0.1) is 0 Å². The standard InChI is InChI=1S/C26H33NS/c1-4-5-10-19-15-14-18-9-8-12-21(25(18)27-19)24-17(3)16(2)23-20-11-6-7-13-22(20)28-26(23)24/h6-9,11-13,16-17,19,23-24,26-27H,4-5,10,14-15H2,1-3H3. The van der Waals surface area contributed by atoms with E-state index >= 15 is 0 Å². The van der Waals surface area contributed by atoms with E-state index in [4.69, 9.17) is 0 Å². The Morgan fingerprint density at radius 3 is 2.54 bits per heavy atom. The predicted octanol–water partition coefficient (Wildman–Crippen LogP) is 7.23. The third-order valence-electron chi connectivity index (χ3n) is 7.77. The number of aryl methyl sites for hydroxylation is 1. The van der Waals surface area contributed by atoms with Crippen LogP contribution in [0.5, 0.6) is 0 Å². The van der Waals surface area contributed by atoms with Gasteiger partial charge in [-0.15, -0.1) is 11.8 Å². The van der Waals surface area contributed by atoms with Crippen LogP contribution in [0.3, 0.4) is 0 Å². The van der Waals surface area contributed by atoms with Crippen LogP contribution in [0.15, 0.2) is 47.4 Å². The lowest BCUT2D eigenvalue weighted by atomic mass is 9.82. The summed E-state index contributed by atoms with van der Waals surface area (Å²) in [6.07, 6.45) is 6.47. The van der Waals surface area contributed by atoms with Crippen LogP contribution in [-0.2, 0) is 6.42 Å². The number of rotatable bonds is 4. The molecule has 1 fully saturated rings. The maximum Gasteiger partial charge on any atom is 0.0410 e. The molecule has 2 aliphatic heterocycles. The van der Waals surface area contributed by atoms with Gasteiger partial charge in [-0.2, -0.15) is 0 Å². The highest BCUT2D eigenvalue weighted by Gasteiger charge is 2.52. The topological polar surface area (TPSA) is 12.0 Å². The third kappa shape index (κ3) is 2.91. The summed E-state index contributed by atoms with van der Waals surface area (Å²) in [6.45, 7) is 7.31. The van der Waals surface area contributed by atoms with Crippen molar-refractivity contribution in [1.82, 2.24) is 0 Å². The minimum absolute atomic E-state index is 0.643. The maximum absolute atomic E-state index is 4.00. The summed E-state index contributed by atoms with van der Waals surface area (Å²) >= 11 is 2.15. The molecular formula is C26H33NS. The van der Waals surface area contributed by atoms with Crippen LogP contribution < -0.4 is 5.32 Å². The molecular weight excluding hydrogens is 358 g/mol. The van der Waals surface area contributed by atoms with Gasteiger partial charge in [0.25, 0.3) is 0 Å². The lowest BCUT2D eigenvalue weighted by molar-refractivity contribution is 0.400. The summed E-state index contributed by atoms with van der Waals surface area (Å²) < 4.78 is 0. The molecule has 0 radical (unpaired) electrons. The van der Waals surface area contributed by atoms with E-state index in [1.54, 1.807) is 16.7 Å². The van der Waals surface area contributed by atoms with Gasteiger partial charge in [0.1, 0.15) is 0 Å². The van der Waals surface area contributed by atoms with Crippen LogP contribution in [-0.4, -0.2) is 11.3 Å². The van der Waals surface area contributed by atoms with Gasteiger partial charge in [-0.25, -0.2) is 0 Å². The monoisotopic (exact) mass is 391 g/mol. The number of anilines is 1. The van der Waals surface area contributed by atoms with Gasteiger partial charge in [0, 0.05) is 33.7 Å². The van der Waals surface area contributed by atoms with Crippen molar-refractivity contribution in [1.29, 1.82) is 0 Å². The van der Waals surface area contributed by atoms with Crippen molar-refractivity contribution in [3.63, 3.8) is 0 Å². The van der Waals surface area contributed by atoms with E-state index in [0.717, 1.165) is 11.8 Å². The molecule has 2 heterocycles. The third-order valence-corrected chi connectivity index (χ3v) is 9.25. The minimum atomic E-state index is 0.643. The molecule has 148 valence electrons. The highest BCUT2D eigenvalue weighted by Crippen LogP contribution is 2.63. The van der Waals surface area contributed by atoms with Crippen molar-refractivity contribution in [2.24, 2.45) is 11.8 Å². The van der Waals surface area contributed by atoms with Crippen LogP contribution in [0.2, 0.25) is 0 Å². The smallest absolute Gasteiger partial charge is 0.0410 e. The molecule has 0 spiro atoms. The average Bonchev–Trinajstić information content (AvgIpc) is 3.21. The summed E-state index contributed by atoms with van der Waals surface area (Å²) in [7, 11) is 0. The van der Waals surface area contributed by atoms with Crippen molar-refractivity contribution < 1.29 is 0 Å². The van der Waals surface area contributed by atoms with Gasteiger partial charge in [0.2, 0.25) is 0 Å². The van der Waals surface area contributed by atoms with Crippen LogP contribution in [0, 0.1) is 11.8 Å². The highest BCUT2D eigenvalue weighted by atomic mass is 32.2. The van der Waals surface area contributed by atoms with Gasteiger partial charge in [0.15, 0.2) is 0 Å². The Kier molecular flexibility index (Phi) is 4.95. The summed E-state index contributed by atoms with van der Waals surface area (Å²) in [5, 5.41) is 4.69. The number of hydrogen-bond donors (Lipinski definition) is 1. The molecule has 0 aromatic heterocycles. The second-order valence-electron chi connectivity index (χ2n) is 9.29. The number of benzene rings is 2. The zero-order valence-electron chi connectivity index (χ0n) is 17.4. The van der Waals surface area contributed by atoms with E-state index in [0.29, 0.717) is 23.1 Å². The van der Waals surface area contributed by atoms with E-state index in [1.165, 1.54) is 42.7 Å². The van der Waals surface area contributed by atoms with E-state index in [1.807, 2.05) is 0 Å². The Balaban J connectivity index is 1.51. The maximum atomic E-state index is 4.00. The second-order valence-corrected chi connectivity index (χ2v) is 10.5. The molecule has 2 heteroatoms. The molecule has 1 aliphatic carbocycles. The molecule has 2 aromatic rings. The van der Waals surface area contributed by atoms with Crippen LogP contribution in [0.25, 0.3) is 0 Å². The Morgan fingerprint density at radius 2 is 1.71 bits per heavy atom. The number of fused-ring (bicyclic) bond motifs is 4. The fourth-order valence-corrected chi connectivity index (χ4v) is 7.98. The molecule has 6 atom stereocenters. The summed E-state index contributed by atoms with van der Waals surface area (Å²) in [6, 6.07) is 16.9. The van der Waals surface area contributed by atoms with Crippen LogP contribution >= 0.6 is 11.8 Å². The molecule has 0 saturated heterocycles. The number of hydrogen-bond acceptors (Lipinski definition) is 2. The number of thioether (sulfide) groups is 1. The summed E-state index contributed by atoms with van der Waals surface area (Å²) in [5.74, 6) is 2.81. The fraction of sp³-hybridized carbons (Fsp3) is 0.538. The van der Waals surface area contributed by atoms with Crippen LogP contribution in [0.4, 0.5) is 5.69 Å². The Bertz CT molecular complexity index is 859. The highest BCUT2D eigenvalue weighted by molar-refractivity contribution is 8.00. The van der Waals surface area contributed by atoms with Crippen molar-refractivity contribution >= 4 is 17.4 Å². The first-order chi connectivity index (χ1) is 13.7. The summed E-state index contributed by atoms with van der Waals surface area (Å²) in [5.41, 5.74) is 6.26. The van der Waals surface area contributed by atoms with E-state index in [-0.39, 0.29) is 0 Å². The average molecular weight is 392 g/mol. The molecule has 1 N–H and O–H groups in total. The molecule has 1 nitrogen and oxygen atoms in total. The Labute approximate surface area is 174 Å². The molecule has 0 bridgehead atoms. The predicted molar refractivity (Wildman–Crippen MR) is 122 cm³/mol. The second kappa shape index (κ2) is 7.44. The van der Waals surface area contributed by atoms with Crippen molar-refractivity contribution in [3.8, 4) is 0 Å². The van der Waals surface area contributed by atoms with E-state index in [9.17, 15) is 0 Å². The first kappa shape index (κ1) is 18.6. The van der Waals surface area contributed by atoms with Crippen LogP contribution in [0.1, 0.15) is 75.0 Å². The molecule has 28 heavy (non-hydrogen) atoms. The van der Waals surface area contributed by atoms with Gasteiger partial charge in [-0.1, -0.05) is 70.0 Å². The molecule has 2 aromatic carbocycles. The SMILES string of the molecule is CCCCC1CCc2cccc(C3C(C)C(C)C4c5ccccc5SC43)c2N1. The zero-order valence-corrected chi connectivity index (χ0v) is 18.3. The largest absolute Gasteiger partial charge is 0.382 e. The quantitative estimate of drug-likeness (QED) is 0.590. The van der Waals surface area contributed by atoms with Crippen molar-refractivity contribution in [2.45, 2.75) is 80.9 Å². The van der Waals surface area contributed by atoms with Crippen molar-refractivity contribution in [3.05, 3.63) is 59.2 Å². The normalized spacial score (nSPS) is 33.1. The molecule has 3 aliphatic rings. The Morgan fingerprint density at radius 1 is 0.964 bits per heavy atom.